The molecule has 0 spiro atoms. The number of aliphatic hydroxyl groups is 1. The molecule has 0 aliphatic rings. The standard InChI is InChI=1S/C2H7O4PS/c3-1-2-6-7(4,5)8/h3H,1-2H2,(H2,4,5,8)/p-2. The summed E-state index contributed by atoms with van der Waals surface area (Å²) in [5, 5.41) is 8.00. The molecule has 0 heterocycles. The Balaban J connectivity index is 3.26. The lowest BCUT2D eigenvalue weighted by atomic mass is 10.8. The first-order valence-corrected chi connectivity index (χ1v) is 4.39. The molecule has 6 heteroatoms. The summed E-state index contributed by atoms with van der Waals surface area (Å²) in [5.41, 5.74) is 0. The molecule has 0 fully saturated rings. The molecule has 1 N–H and O–H groups in total. The molecule has 0 aromatic rings. The molecule has 0 aliphatic heterocycles. The van der Waals surface area contributed by atoms with Crippen molar-refractivity contribution >= 4 is 18.5 Å². The summed E-state index contributed by atoms with van der Waals surface area (Å²) in [7, 11) is 0. The van der Waals surface area contributed by atoms with Crippen LogP contribution in [-0.4, -0.2) is 18.3 Å². The van der Waals surface area contributed by atoms with Gasteiger partial charge in [-0.05, 0) is 0 Å². The van der Waals surface area contributed by atoms with Gasteiger partial charge >= 0.3 is 0 Å². The molecule has 50 valence electrons. The van der Waals surface area contributed by atoms with Crippen molar-refractivity contribution in [1.82, 2.24) is 0 Å². The zero-order valence-electron chi connectivity index (χ0n) is 3.94. The van der Waals surface area contributed by atoms with E-state index in [1.165, 1.54) is 0 Å². The molecule has 0 saturated carbocycles. The average molecular weight is 156 g/mol. The van der Waals surface area contributed by atoms with E-state index in [0.29, 0.717) is 0 Å². The lowest BCUT2D eigenvalue weighted by Crippen LogP contribution is -2.17. The molecule has 8 heavy (non-hydrogen) atoms. The summed E-state index contributed by atoms with van der Waals surface area (Å²) in [6.45, 7) is -4.59. The molecule has 0 saturated heterocycles. The van der Waals surface area contributed by atoms with Crippen molar-refractivity contribution in [1.29, 1.82) is 0 Å². The molecule has 0 unspecified atom stereocenters. The predicted molar refractivity (Wildman–Crippen MR) is 27.3 cm³/mol. The van der Waals surface area contributed by atoms with Crippen molar-refractivity contribution in [3.63, 3.8) is 0 Å². The van der Waals surface area contributed by atoms with Gasteiger partial charge in [-0.25, -0.2) is 0 Å². The van der Waals surface area contributed by atoms with Crippen LogP contribution < -0.4 is 9.79 Å². The van der Waals surface area contributed by atoms with Crippen molar-refractivity contribution in [3.05, 3.63) is 0 Å². The van der Waals surface area contributed by atoms with Crippen LogP contribution in [0.3, 0.4) is 0 Å². The zero-order chi connectivity index (χ0) is 6.62. The topological polar surface area (TPSA) is 75.6 Å². The summed E-state index contributed by atoms with van der Waals surface area (Å²) in [6, 6.07) is 0. The lowest BCUT2D eigenvalue weighted by Gasteiger charge is -2.33. The maximum Gasteiger partial charge on any atom is 0.0718 e. The van der Waals surface area contributed by atoms with E-state index in [9.17, 15) is 9.79 Å². The van der Waals surface area contributed by atoms with Gasteiger partial charge in [-0.15, -0.1) is 11.8 Å². The van der Waals surface area contributed by atoms with E-state index >= 15 is 0 Å². The van der Waals surface area contributed by atoms with Gasteiger partial charge in [0.05, 0.1) is 13.2 Å². The number of aliphatic hydroxyl groups excluding tert-OH is 1. The van der Waals surface area contributed by atoms with Crippen LogP contribution in [0.25, 0.3) is 0 Å². The predicted octanol–water partition coefficient (Wildman–Crippen LogP) is -2.06. The third-order valence-corrected chi connectivity index (χ3v) is 1.16. The van der Waals surface area contributed by atoms with E-state index in [1.54, 1.807) is 0 Å². The highest BCUT2D eigenvalue weighted by Gasteiger charge is 1.81. The van der Waals surface area contributed by atoms with E-state index in [4.69, 9.17) is 5.11 Å². The van der Waals surface area contributed by atoms with Gasteiger partial charge in [0, 0.05) is 0 Å². The Morgan fingerprint density at radius 3 is 2.25 bits per heavy atom. The van der Waals surface area contributed by atoms with Crippen LogP contribution in [0.2, 0.25) is 0 Å². The molecule has 0 bridgehead atoms. The third-order valence-electron chi connectivity index (χ3n) is 0.341. The first-order chi connectivity index (χ1) is 3.56. The van der Waals surface area contributed by atoms with Crippen LogP contribution in [0, 0.1) is 0 Å². The molecular formula is C2H5O4PS-2. The van der Waals surface area contributed by atoms with Gasteiger partial charge in [0.1, 0.15) is 0 Å². The zero-order valence-corrected chi connectivity index (χ0v) is 5.65. The molecule has 0 amide bonds. The maximum atomic E-state index is 9.90. The molecule has 0 aromatic carbocycles. The molecule has 4 nitrogen and oxygen atoms in total. The smallest absolute Gasteiger partial charge is 0.0718 e. The van der Waals surface area contributed by atoms with Gasteiger partial charge in [-0.2, -0.15) is 0 Å². The fourth-order valence-electron chi connectivity index (χ4n) is 0.153. The van der Waals surface area contributed by atoms with Gasteiger partial charge in [-0.3, -0.25) is 0 Å². The van der Waals surface area contributed by atoms with Gasteiger partial charge in [-0.1, -0.05) is 6.72 Å². The fourth-order valence-corrected chi connectivity index (χ4v) is 0.681. The Labute approximate surface area is 52.0 Å². The second kappa shape index (κ2) is 3.50. The Bertz CT molecular complexity index is 98.2. The summed E-state index contributed by atoms with van der Waals surface area (Å²) in [4.78, 5) is 19.8. The minimum Gasteiger partial charge on any atom is -0.812 e. The van der Waals surface area contributed by atoms with Gasteiger partial charge < -0.3 is 19.4 Å². The quantitative estimate of drug-likeness (QED) is 0.475. The largest absolute Gasteiger partial charge is 0.812 e. The summed E-state index contributed by atoms with van der Waals surface area (Å²) >= 11 is 3.82. The van der Waals surface area contributed by atoms with E-state index < -0.39 is 6.72 Å². The summed E-state index contributed by atoms with van der Waals surface area (Å²) in [5.74, 6) is 0. The Morgan fingerprint density at radius 2 is 2.12 bits per heavy atom. The highest BCUT2D eigenvalue weighted by Crippen LogP contribution is 2.23. The van der Waals surface area contributed by atoms with Gasteiger partial charge in [0.25, 0.3) is 0 Å². The van der Waals surface area contributed by atoms with Crippen molar-refractivity contribution < 1.29 is 19.4 Å². The first-order valence-electron chi connectivity index (χ1n) is 1.84. The number of rotatable bonds is 3. The van der Waals surface area contributed by atoms with Crippen molar-refractivity contribution in [2.45, 2.75) is 0 Å². The molecule has 0 aliphatic carbocycles. The van der Waals surface area contributed by atoms with Crippen molar-refractivity contribution in [2.75, 3.05) is 13.2 Å². The highest BCUT2D eigenvalue weighted by molar-refractivity contribution is 8.05. The minimum absolute atomic E-state index is 0.246. The van der Waals surface area contributed by atoms with Crippen LogP contribution in [0.4, 0.5) is 0 Å². The van der Waals surface area contributed by atoms with Gasteiger partial charge in [0.2, 0.25) is 0 Å². The first kappa shape index (κ1) is 8.49. The molecule has 0 radical (unpaired) electrons. The Hall–Kier alpha value is 0.490. The SMILES string of the molecule is [O-]P([O-])(=S)OCCO. The lowest BCUT2D eigenvalue weighted by molar-refractivity contribution is -0.321. The van der Waals surface area contributed by atoms with Crippen LogP contribution in [0.5, 0.6) is 0 Å². The van der Waals surface area contributed by atoms with Crippen LogP contribution in [0.15, 0.2) is 0 Å². The van der Waals surface area contributed by atoms with E-state index in [1.807, 2.05) is 0 Å². The Morgan fingerprint density at radius 1 is 1.62 bits per heavy atom. The van der Waals surface area contributed by atoms with E-state index in [-0.39, 0.29) is 13.2 Å². The average Bonchev–Trinajstić information content (AvgIpc) is 1.59. The minimum atomic E-state index is -4.01. The molecule has 0 atom stereocenters. The van der Waals surface area contributed by atoms with Crippen molar-refractivity contribution in [2.24, 2.45) is 0 Å². The van der Waals surface area contributed by atoms with Crippen LogP contribution in [-0.2, 0) is 16.3 Å². The van der Waals surface area contributed by atoms with Crippen LogP contribution in [0.1, 0.15) is 0 Å². The Kier molecular flexibility index (Phi) is 3.72. The maximum absolute atomic E-state index is 9.90. The van der Waals surface area contributed by atoms with Gasteiger partial charge in [0.15, 0.2) is 0 Å². The summed E-state index contributed by atoms with van der Waals surface area (Å²) < 4.78 is 3.94. The highest BCUT2D eigenvalue weighted by atomic mass is 32.5. The molecule has 0 rings (SSSR count). The fraction of sp³-hybridized carbons (Fsp3) is 1.00. The second-order valence-electron chi connectivity index (χ2n) is 1.00. The van der Waals surface area contributed by atoms with E-state index in [2.05, 4.69) is 16.3 Å². The third kappa shape index (κ3) is 6.49. The van der Waals surface area contributed by atoms with Crippen molar-refractivity contribution in [3.8, 4) is 0 Å². The summed E-state index contributed by atoms with van der Waals surface area (Å²) in [6.07, 6.45) is 0. The van der Waals surface area contributed by atoms with E-state index in [0.717, 1.165) is 0 Å². The molecule has 0 aromatic heterocycles. The number of hydrogen-bond acceptors (Lipinski definition) is 5. The normalized spacial score (nSPS) is 11.9. The number of hydrogen-bond donors (Lipinski definition) is 1. The van der Waals surface area contributed by atoms with Crippen LogP contribution >= 0.6 is 6.72 Å². The monoisotopic (exact) mass is 156 g/mol. The molecular weight excluding hydrogens is 151 g/mol. The second-order valence-corrected chi connectivity index (χ2v) is 3.50.